The molecule has 6 heteroatoms. The van der Waals surface area contributed by atoms with Crippen molar-refractivity contribution in [3.8, 4) is 0 Å². The van der Waals surface area contributed by atoms with Crippen LogP contribution in [0, 0.1) is 0 Å². The largest absolute Gasteiger partial charge is 0.382 e. The van der Waals surface area contributed by atoms with Crippen molar-refractivity contribution in [3.63, 3.8) is 0 Å². The van der Waals surface area contributed by atoms with Gasteiger partial charge in [0.1, 0.15) is 6.10 Å². The molecule has 1 aromatic rings. The summed E-state index contributed by atoms with van der Waals surface area (Å²) in [6, 6.07) is 3.29. The molecule has 0 bridgehead atoms. The molecule has 0 aliphatic rings. The first-order valence-electron chi connectivity index (χ1n) is 6.24. The number of hydrogen-bond donors (Lipinski definition) is 3. The average Bonchev–Trinajstić information content (AvgIpc) is 2.44. The van der Waals surface area contributed by atoms with Gasteiger partial charge in [0.15, 0.2) is 0 Å². The summed E-state index contributed by atoms with van der Waals surface area (Å²) < 4.78 is 0. The molecule has 0 saturated heterocycles. The molecule has 19 heavy (non-hydrogen) atoms. The molecule has 5 nitrogen and oxygen atoms in total. The fourth-order valence-electron chi connectivity index (χ4n) is 1.59. The maximum absolute atomic E-state index is 11.7. The van der Waals surface area contributed by atoms with Gasteiger partial charge < -0.3 is 16.2 Å². The topological polar surface area (TPSA) is 88.2 Å². The number of carbonyl (C=O) groups is 1. The predicted molar refractivity (Wildman–Crippen MR) is 77.9 cm³/mol. The van der Waals surface area contributed by atoms with E-state index in [2.05, 4.69) is 10.3 Å². The molecule has 0 fully saturated rings. The second-order valence-corrected chi connectivity index (χ2v) is 5.28. The van der Waals surface area contributed by atoms with E-state index in [1.165, 1.54) is 0 Å². The predicted octanol–water partition coefficient (Wildman–Crippen LogP) is 0.182. The maximum Gasteiger partial charge on any atom is 0.250 e. The number of nitrogens with one attached hydrogen (secondary N) is 1. The van der Waals surface area contributed by atoms with Crippen LogP contribution in [0.1, 0.15) is 12.0 Å². The zero-order valence-corrected chi connectivity index (χ0v) is 11.9. The molecular formula is C13H21N3O2S. The number of rotatable bonds is 8. The van der Waals surface area contributed by atoms with E-state index in [9.17, 15) is 9.90 Å². The van der Waals surface area contributed by atoms with Crippen molar-refractivity contribution in [2.24, 2.45) is 5.73 Å². The van der Waals surface area contributed by atoms with Crippen LogP contribution >= 0.6 is 11.8 Å². The standard InChI is InChI=1S/C13H21N3O2S/c1-19-8-5-11(14)12(17)13(18)16-7-4-10-3-2-6-15-9-10/h2-3,6,9,11-12,17H,4-5,7-8,14H2,1H3,(H,16,18). The van der Waals surface area contributed by atoms with Gasteiger partial charge in [-0.05, 0) is 36.5 Å². The van der Waals surface area contributed by atoms with Gasteiger partial charge in [-0.3, -0.25) is 9.78 Å². The van der Waals surface area contributed by atoms with Crippen molar-refractivity contribution < 1.29 is 9.90 Å². The lowest BCUT2D eigenvalue weighted by atomic mass is 10.1. The Kier molecular flexibility index (Phi) is 7.47. The molecule has 0 spiro atoms. The first-order chi connectivity index (χ1) is 9.15. The van der Waals surface area contributed by atoms with Crippen LogP contribution in [0.2, 0.25) is 0 Å². The van der Waals surface area contributed by atoms with Crippen LogP contribution in [0.4, 0.5) is 0 Å². The first-order valence-corrected chi connectivity index (χ1v) is 7.63. The molecule has 2 unspecified atom stereocenters. The number of nitrogens with zero attached hydrogens (tertiary/aromatic N) is 1. The van der Waals surface area contributed by atoms with E-state index in [0.717, 1.165) is 11.3 Å². The van der Waals surface area contributed by atoms with Gasteiger partial charge in [-0.15, -0.1) is 0 Å². The summed E-state index contributed by atoms with van der Waals surface area (Å²) in [5.74, 6) is 0.429. The molecule has 1 rings (SSSR count). The van der Waals surface area contributed by atoms with Crippen LogP contribution in [0.25, 0.3) is 0 Å². The Balaban J connectivity index is 2.26. The number of aliphatic hydroxyl groups is 1. The number of amides is 1. The molecule has 1 amide bonds. The highest BCUT2D eigenvalue weighted by atomic mass is 32.2. The molecule has 0 saturated carbocycles. The highest BCUT2D eigenvalue weighted by Crippen LogP contribution is 2.03. The summed E-state index contributed by atoms with van der Waals surface area (Å²) in [5.41, 5.74) is 6.80. The van der Waals surface area contributed by atoms with Gasteiger partial charge >= 0.3 is 0 Å². The molecule has 106 valence electrons. The molecule has 0 radical (unpaired) electrons. The van der Waals surface area contributed by atoms with Crippen molar-refractivity contribution >= 4 is 17.7 Å². The van der Waals surface area contributed by atoms with Crippen molar-refractivity contribution in [1.82, 2.24) is 10.3 Å². The third-order valence-electron chi connectivity index (χ3n) is 2.77. The van der Waals surface area contributed by atoms with Gasteiger partial charge in [0.25, 0.3) is 0 Å². The Labute approximate surface area is 118 Å². The van der Waals surface area contributed by atoms with E-state index in [-0.39, 0.29) is 0 Å². The second kappa shape index (κ2) is 8.90. The fourth-order valence-corrected chi connectivity index (χ4v) is 2.09. The maximum atomic E-state index is 11.7. The second-order valence-electron chi connectivity index (χ2n) is 4.29. The number of aromatic nitrogens is 1. The van der Waals surface area contributed by atoms with Crippen LogP contribution in [-0.2, 0) is 11.2 Å². The SMILES string of the molecule is CSCCC(N)C(O)C(=O)NCCc1cccnc1. The van der Waals surface area contributed by atoms with Crippen molar-refractivity contribution in [2.45, 2.75) is 25.0 Å². The zero-order chi connectivity index (χ0) is 14.1. The molecule has 0 aliphatic carbocycles. The van der Waals surface area contributed by atoms with Gasteiger partial charge in [-0.25, -0.2) is 0 Å². The van der Waals surface area contributed by atoms with E-state index in [4.69, 9.17) is 5.73 Å². The number of thioether (sulfide) groups is 1. The number of hydrogen-bond acceptors (Lipinski definition) is 5. The Hall–Kier alpha value is -1.11. The van der Waals surface area contributed by atoms with Crippen LogP contribution in [0.3, 0.4) is 0 Å². The van der Waals surface area contributed by atoms with Gasteiger partial charge in [-0.2, -0.15) is 11.8 Å². The molecule has 0 aromatic carbocycles. The van der Waals surface area contributed by atoms with Crippen molar-refractivity contribution in [3.05, 3.63) is 30.1 Å². The number of carbonyl (C=O) groups excluding carboxylic acids is 1. The Bertz CT molecular complexity index is 375. The molecule has 0 aliphatic heterocycles. The lowest BCUT2D eigenvalue weighted by molar-refractivity contribution is -0.130. The molecule has 2 atom stereocenters. The Morgan fingerprint density at radius 3 is 3.05 bits per heavy atom. The average molecular weight is 283 g/mol. The van der Waals surface area contributed by atoms with E-state index >= 15 is 0 Å². The third kappa shape index (κ3) is 6.04. The van der Waals surface area contributed by atoms with E-state index in [1.54, 1.807) is 24.2 Å². The minimum absolute atomic E-state index is 0.405. The highest BCUT2D eigenvalue weighted by molar-refractivity contribution is 7.98. The summed E-state index contributed by atoms with van der Waals surface area (Å²) in [5, 5.41) is 12.4. The highest BCUT2D eigenvalue weighted by Gasteiger charge is 2.21. The lowest BCUT2D eigenvalue weighted by Gasteiger charge is -2.17. The van der Waals surface area contributed by atoms with Gasteiger partial charge in [0, 0.05) is 25.0 Å². The molecular weight excluding hydrogens is 262 g/mol. The smallest absolute Gasteiger partial charge is 0.250 e. The van der Waals surface area contributed by atoms with Crippen LogP contribution < -0.4 is 11.1 Å². The minimum atomic E-state index is -1.14. The number of nitrogens with two attached hydrogens (primary N) is 1. The normalized spacial score (nSPS) is 13.8. The molecule has 1 aromatic heterocycles. The van der Waals surface area contributed by atoms with Crippen molar-refractivity contribution in [1.29, 1.82) is 0 Å². The van der Waals surface area contributed by atoms with Crippen LogP contribution in [0.5, 0.6) is 0 Å². The minimum Gasteiger partial charge on any atom is -0.382 e. The monoisotopic (exact) mass is 283 g/mol. The van der Waals surface area contributed by atoms with Crippen LogP contribution in [-0.4, -0.2) is 46.7 Å². The summed E-state index contributed by atoms with van der Waals surface area (Å²) >= 11 is 1.64. The quantitative estimate of drug-likeness (QED) is 0.633. The summed E-state index contributed by atoms with van der Waals surface area (Å²) in [7, 11) is 0. The molecule has 1 heterocycles. The van der Waals surface area contributed by atoms with Crippen LogP contribution in [0.15, 0.2) is 24.5 Å². The van der Waals surface area contributed by atoms with Gasteiger partial charge in [0.05, 0.1) is 0 Å². The van der Waals surface area contributed by atoms with E-state index in [1.807, 2.05) is 18.4 Å². The molecule has 4 N–H and O–H groups in total. The summed E-state index contributed by atoms with van der Waals surface area (Å²) in [6.07, 6.45) is 5.60. The Morgan fingerprint density at radius 2 is 2.42 bits per heavy atom. The Morgan fingerprint density at radius 1 is 1.63 bits per heavy atom. The van der Waals surface area contributed by atoms with Gasteiger partial charge in [0.2, 0.25) is 5.91 Å². The summed E-state index contributed by atoms with van der Waals surface area (Å²) in [6.45, 7) is 0.469. The van der Waals surface area contributed by atoms with E-state index < -0.39 is 18.1 Å². The summed E-state index contributed by atoms with van der Waals surface area (Å²) in [4.78, 5) is 15.7. The number of aliphatic hydroxyl groups excluding tert-OH is 1. The van der Waals surface area contributed by atoms with E-state index in [0.29, 0.717) is 19.4 Å². The van der Waals surface area contributed by atoms with Crippen molar-refractivity contribution in [2.75, 3.05) is 18.6 Å². The first kappa shape index (κ1) is 15.9. The fraction of sp³-hybridized carbons (Fsp3) is 0.538. The third-order valence-corrected chi connectivity index (χ3v) is 3.41. The zero-order valence-electron chi connectivity index (χ0n) is 11.1. The number of pyridine rings is 1. The van der Waals surface area contributed by atoms with Gasteiger partial charge in [-0.1, -0.05) is 6.07 Å². The lowest BCUT2D eigenvalue weighted by Crippen LogP contribution is -2.47.